The Hall–Kier alpha value is -0.570. The van der Waals surface area contributed by atoms with Crippen molar-refractivity contribution in [2.75, 3.05) is 31.8 Å². The SMILES string of the molecule is CCCCCCCCCCCCCCCCCCOCC(COP(=O)(O)OCCBr)n1c(O)ccc1O. The molecule has 0 spiro atoms. The molecule has 10 heteroatoms. The zero-order chi connectivity index (χ0) is 27.2. The Balaban J connectivity index is 2.10. The zero-order valence-electron chi connectivity index (χ0n) is 22.8. The first-order valence-electron chi connectivity index (χ1n) is 14.3. The number of halogens is 1. The number of phosphoric acid groups is 1. The molecular formula is C27H51BrNO7P. The van der Waals surface area contributed by atoms with E-state index in [2.05, 4.69) is 22.9 Å². The third-order valence-electron chi connectivity index (χ3n) is 6.45. The van der Waals surface area contributed by atoms with E-state index in [1.165, 1.54) is 107 Å². The second-order valence-corrected chi connectivity index (χ2v) is 12.0. The van der Waals surface area contributed by atoms with Crippen molar-refractivity contribution in [3.8, 4) is 11.8 Å². The summed E-state index contributed by atoms with van der Waals surface area (Å²) in [6.45, 7) is 2.68. The molecule has 1 aromatic heterocycles. The Morgan fingerprint density at radius 2 is 1.22 bits per heavy atom. The van der Waals surface area contributed by atoms with Crippen LogP contribution in [0.4, 0.5) is 0 Å². The molecule has 0 radical (unpaired) electrons. The number of unbranched alkanes of at least 4 members (excludes halogenated alkanes) is 15. The van der Waals surface area contributed by atoms with Gasteiger partial charge in [0, 0.05) is 24.1 Å². The summed E-state index contributed by atoms with van der Waals surface area (Å²) in [5.74, 6) is -0.350. The first-order valence-corrected chi connectivity index (χ1v) is 16.9. The summed E-state index contributed by atoms with van der Waals surface area (Å²) < 4.78 is 28.8. The van der Waals surface area contributed by atoms with Gasteiger partial charge < -0.3 is 19.8 Å². The molecule has 3 N–H and O–H groups in total. The van der Waals surface area contributed by atoms with E-state index in [0.717, 1.165) is 12.8 Å². The molecule has 0 aliphatic rings. The quantitative estimate of drug-likeness (QED) is 0.0549. The van der Waals surface area contributed by atoms with Gasteiger partial charge in [0.05, 0.1) is 25.9 Å². The Kier molecular flexibility index (Phi) is 20.7. The third kappa shape index (κ3) is 17.6. The first-order chi connectivity index (χ1) is 17.9. The average Bonchev–Trinajstić information content (AvgIpc) is 3.21. The van der Waals surface area contributed by atoms with Crippen molar-refractivity contribution in [1.29, 1.82) is 0 Å². The molecule has 1 heterocycles. The van der Waals surface area contributed by atoms with Gasteiger partial charge in [-0.25, -0.2) is 4.57 Å². The van der Waals surface area contributed by atoms with E-state index in [4.69, 9.17) is 13.8 Å². The molecule has 218 valence electrons. The third-order valence-corrected chi connectivity index (χ3v) is 7.76. The summed E-state index contributed by atoms with van der Waals surface area (Å²) in [7, 11) is -4.24. The van der Waals surface area contributed by atoms with Crippen molar-refractivity contribution in [3.05, 3.63) is 12.1 Å². The highest BCUT2D eigenvalue weighted by Crippen LogP contribution is 2.44. The summed E-state index contributed by atoms with van der Waals surface area (Å²) in [5, 5.41) is 20.5. The maximum absolute atomic E-state index is 12.0. The maximum Gasteiger partial charge on any atom is 0.472 e. The molecule has 2 unspecified atom stereocenters. The minimum atomic E-state index is -4.24. The van der Waals surface area contributed by atoms with Crippen molar-refractivity contribution < 1.29 is 33.5 Å². The predicted molar refractivity (Wildman–Crippen MR) is 153 cm³/mol. The molecule has 0 saturated heterocycles. The van der Waals surface area contributed by atoms with Gasteiger partial charge in [0.2, 0.25) is 0 Å². The Morgan fingerprint density at radius 3 is 1.68 bits per heavy atom. The van der Waals surface area contributed by atoms with Crippen molar-refractivity contribution in [2.24, 2.45) is 0 Å². The number of aromatic nitrogens is 1. The van der Waals surface area contributed by atoms with Crippen LogP contribution in [0.2, 0.25) is 0 Å². The lowest BCUT2D eigenvalue weighted by Gasteiger charge is -2.22. The van der Waals surface area contributed by atoms with Crippen LogP contribution in [-0.2, 0) is 18.3 Å². The fraction of sp³-hybridized carbons (Fsp3) is 0.852. The Labute approximate surface area is 232 Å². The van der Waals surface area contributed by atoms with Crippen LogP contribution in [0.1, 0.15) is 116 Å². The van der Waals surface area contributed by atoms with Gasteiger partial charge in [-0.3, -0.25) is 13.6 Å². The number of ether oxygens (including phenoxy) is 1. The van der Waals surface area contributed by atoms with Gasteiger partial charge in [0.1, 0.15) is 0 Å². The summed E-state index contributed by atoms with van der Waals surface area (Å²) >= 11 is 3.12. The van der Waals surface area contributed by atoms with E-state index in [-0.39, 0.29) is 31.6 Å². The lowest BCUT2D eigenvalue weighted by molar-refractivity contribution is 0.0617. The van der Waals surface area contributed by atoms with Crippen LogP contribution in [0.25, 0.3) is 0 Å². The Bertz CT molecular complexity index is 699. The molecule has 0 aliphatic heterocycles. The van der Waals surface area contributed by atoms with Crippen LogP contribution in [-0.4, -0.2) is 51.4 Å². The monoisotopic (exact) mass is 611 g/mol. The lowest BCUT2D eigenvalue weighted by atomic mass is 10.0. The number of rotatable bonds is 26. The van der Waals surface area contributed by atoms with Crippen LogP contribution in [0.3, 0.4) is 0 Å². The van der Waals surface area contributed by atoms with E-state index < -0.39 is 13.9 Å². The molecule has 0 saturated carbocycles. The molecule has 0 aromatic carbocycles. The largest absolute Gasteiger partial charge is 0.494 e. The fourth-order valence-electron chi connectivity index (χ4n) is 4.34. The maximum atomic E-state index is 12.0. The number of hydrogen-bond donors (Lipinski definition) is 3. The first kappa shape index (κ1) is 34.5. The molecule has 0 aliphatic carbocycles. The topological polar surface area (TPSA) is 110 Å². The summed E-state index contributed by atoms with van der Waals surface area (Å²) in [5.41, 5.74) is 0. The Morgan fingerprint density at radius 1 is 0.757 bits per heavy atom. The molecular weight excluding hydrogens is 561 g/mol. The molecule has 37 heavy (non-hydrogen) atoms. The molecule has 1 aromatic rings. The zero-order valence-corrected chi connectivity index (χ0v) is 25.3. The normalized spacial score (nSPS) is 14.1. The van der Waals surface area contributed by atoms with Gasteiger partial charge in [-0.2, -0.15) is 0 Å². The molecule has 0 bridgehead atoms. The van der Waals surface area contributed by atoms with Crippen molar-refractivity contribution in [1.82, 2.24) is 4.57 Å². The molecule has 8 nitrogen and oxygen atoms in total. The number of phosphoric ester groups is 1. The summed E-state index contributed by atoms with van der Waals surface area (Å²) in [6, 6.07) is 2.01. The van der Waals surface area contributed by atoms with Crippen LogP contribution in [0, 0.1) is 0 Å². The van der Waals surface area contributed by atoms with E-state index in [1.54, 1.807) is 0 Å². The van der Waals surface area contributed by atoms with Gasteiger partial charge in [-0.05, 0) is 6.42 Å². The molecule has 0 fully saturated rings. The number of nitrogens with zero attached hydrogens (tertiary/aromatic N) is 1. The second kappa shape index (κ2) is 22.3. The van der Waals surface area contributed by atoms with Crippen molar-refractivity contribution in [3.63, 3.8) is 0 Å². The predicted octanol–water partition coefficient (Wildman–Crippen LogP) is 8.25. The van der Waals surface area contributed by atoms with Gasteiger partial charge in [-0.1, -0.05) is 119 Å². The molecule has 1 rings (SSSR count). The van der Waals surface area contributed by atoms with Crippen molar-refractivity contribution in [2.45, 2.75) is 116 Å². The minimum Gasteiger partial charge on any atom is -0.494 e. The minimum absolute atomic E-state index is 0.0220. The van der Waals surface area contributed by atoms with Crippen LogP contribution in [0.15, 0.2) is 12.1 Å². The van der Waals surface area contributed by atoms with Gasteiger partial charge in [0.15, 0.2) is 11.8 Å². The van der Waals surface area contributed by atoms with Gasteiger partial charge in [-0.15, -0.1) is 0 Å². The van der Waals surface area contributed by atoms with E-state index in [0.29, 0.717) is 11.9 Å². The van der Waals surface area contributed by atoms with Crippen molar-refractivity contribution >= 4 is 23.8 Å². The van der Waals surface area contributed by atoms with Crippen LogP contribution < -0.4 is 0 Å². The standard InChI is InChI=1S/C27H51BrNO7P/c1-2-3-4-5-6-7-8-9-10-11-12-13-14-15-16-17-21-34-23-25(29-26(30)18-19-27(29)31)24-36-37(32,33)35-22-20-28/h18-19,25,30-31H,2-17,20-24H2,1H3,(H,32,33). The van der Waals surface area contributed by atoms with Gasteiger partial charge in [0.25, 0.3) is 0 Å². The highest BCUT2D eigenvalue weighted by Gasteiger charge is 2.26. The van der Waals surface area contributed by atoms with Crippen LogP contribution in [0.5, 0.6) is 11.8 Å². The van der Waals surface area contributed by atoms with Gasteiger partial charge >= 0.3 is 7.82 Å². The van der Waals surface area contributed by atoms with Crippen LogP contribution >= 0.6 is 23.8 Å². The number of aromatic hydroxyl groups is 2. The summed E-state index contributed by atoms with van der Waals surface area (Å²) in [4.78, 5) is 9.77. The highest BCUT2D eigenvalue weighted by atomic mass is 79.9. The van der Waals surface area contributed by atoms with E-state index in [9.17, 15) is 19.7 Å². The highest BCUT2D eigenvalue weighted by molar-refractivity contribution is 9.09. The molecule has 0 amide bonds. The second-order valence-electron chi connectivity index (χ2n) is 9.74. The summed E-state index contributed by atoms with van der Waals surface area (Å²) in [6.07, 6.45) is 20.9. The number of alkyl halides is 1. The lowest BCUT2D eigenvalue weighted by Crippen LogP contribution is -2.21. The van der Waals surface area contributed by atoms with E-state index in [1.807, 2.05) is 0 Å². The fourth-order valence-corrected chi connectivity index (χ4v) is 5.51. The average molecular weight is 613 g/mol. The molecule has 2 atom stereocenters. The smallest absolute Gasteiger partial charge is 0.472 e. The number of hydrogen-bond acceptors (Lipinski definition) is 6. The van der Waals surface area contributed by atoms with E-state index >= 15 is 0 Å².